The van der Waals surface area contributed by atoms with Crippen LogP contribution in [0.25, 0.3) is 6.08 Å². The molecule has 0 aliphatic carbocycles. The minimum atomic E-state index is -0.151. The highest BCUT2D eigenvalue weighted by Crippen LogP contribution is 2.31. The lowest BCUT2D eigenvalue weighted by Gasteiger charge is -2.17. The maximum Gasteiger partial charge on any atom is 0.264 e. The average molecular weight is 418 g/mol. The Hall–Kier alpha value is -1.95. The van der Waals surface area contributed by atoms with E-state index in [0.29, 0.717) is 25.8 Å². The molecule has 0 spiro atoms. The number of nitrogens with zero attached hydrogens (tertiary/aromatic N) is 2. The van der Waals surface area contributed by atoms with Crippen molar-refractivity contribution in [3.05, 3.63) is 63.0 Å². The van der Waals surface area contributed by atoms with Gasteiger partial charge in [0.05, 0.1) is 20.6 Å². The van der Waals surface area contributed by atoms with Crippen LogP contribution in [0, 0.1) is 0 Å². The number of benzene rings is 2. The minimum Gasteiger partial charge on any atom is -0.372 e. The maximum atomic E-state index is 12.2. The van der Waals surface area contributed by atoms with Crippen molar-refractivity contribution < 1.29 is 4.79 Å². The summed E-state index contributed by atoms with van der Waals surface area (Å²) in [5, 5.41) is 4.22. The number of hydrogen-bond acceptors (Lipinski definition) is 4. The van der Waals surface area contributed by atoms with Crippen LogP contribution >= 0.6 is 35.0 Å². The number of aliphatic imine (C=N–C) groups is 1. The normalized spacial score (nSPS) is 19.9. The van der Waals surface area contributed by atoms with Crippen LogP contribution in [0.3, 0.4) is 0 Å². The van der Waals surface area contributed by atoms with Gasteiger partial charge in [-0.25, -0.2) is 4.99 Å². The quantitative estimate of drug-likeness (QED) is 0.671. The predicted molar refractivity (Wildman–Crippen MR) is 115 cm³/mol. The Morgan fingerprint density at radius 1 is 1.04 bits per heavy atom. The first-order valence-corrected chi connectivity index (χ1v) is 10.3. The van der Waals surface area contributed by atoms with Crippen molar-refractivity contribution >= 4 is 63.5 Å². The Kier molecular flexibility index (Phi) is 5.43. The van der Waals surface area contributed by atoms with E-state index in [2.05, 4.69) is 27.3 Å². The highest BCUT2D eigenvalue weighted by molar-refractivity contribution is 8.18. The molecule has 2 aliphatic heterocycles. The van der Waals surface area contributed by atoms with E-state index in [9.17, 15) is 4.79 Å². The number of amides is 1. The van der Waals surface area contributed by atoms with Crippen LogP contribution in [0.5, 0.6) is 0 Å². The van der Waals surface area contributed by atoms with Gasteiger partial charge in [-0.1, -0.05) is 35.3 Å². The van der Waals surface area contributed by atoms with Crippen LogP contribution in [-0.4, -0.2) is 24.2 Å². The van der Waals surface area contributed by atoms with Crippen LogP contribution in [0.1, 0.15) is 18.4 Å². The third-order valence-electron chi connectivity index (χ3n) is 4.45. The van der Waals surface area contributed by atoms with E-state index in [1.165, 1.54) is 30.3 Å². The Morgan fingerprint density at radius 2 is 1.78 bits per heavy atom. The Labute approximate surface area is 172 Å². The lowest BCUT2D eigenvalue weighted by atomic mass is 10.2. The van der Waals surface area contributed by atoms with Gasteiger partial charge in [-0.3, -0.25) is 4.79 Å². The van der Waals surface area contributed by atoms with E-state index in [1.807, 2.05) is 18.2 Å². The number of rotatable bonds is 3. The lowest BCUT2D eigenvalue weighted by molar-refractivity contribution is -0.115. The zero-order valence-electron chi connectivity index (χ0n) is 14.4. The van der Waals surface area contributed by atoms with Gasteiger partial charge in [0, 0.05) is 18.8 Å². The standard InChI is InChI=1S/C20H17Cl2N3OS/c21-16-8-5-14(12-17(16)22)23-20-24-19(26)18(27-20)11-13-3-6-15(7-4-13)25-9-1-2-10-25/h3-8,11-12H,1-2,9-10H2,(H,23,24,26)/b18-11-. The van der Waals surface area contributed by atoms with Crippen LogP contribution < -0.4 is 10.2 Å². The molecule has 0 aromatic heterocycles. The molecule has 2 saturated heterocycles. The lowest BCUT2D eigenvalue weighted by Crippen LogP contribution is -2.19. The van der Waals surface area contributed by atoms with Gasteiger partial charge < -0.3 is 10.2 Å². The van der Waals surface area contributed by atoms with Gasteiger partial charge in [-0.15, -0.1) is 0 Å². The minimum absolute atomic E-state index is 0.151. The van der Waals surface area contributed by atoms with Crippen molar-refractivity contribution in [1.82, 2.24) is 5.32 Å². The zero-order chi connectivity index (χ0) is 18.8. The number of nitrogens with one attached hydrogen (secondary N) is 1. The monoisotopic (exact) mass is 417 g/mol. The molecule has 138 valence electrons. The van der Waals surface area contributed by atoms with Crippen molar-refractivity contribution in [3.63, 3.8) is 0 Å². The van der Waals surface area contributed by atoms with E-state index < -0.39 is 0 Å². The second-order valence-electron chi connectivity index (χ2n) is 6.37. The summed E-state index contributed by atoms with van der Waals surface area (Å²) in [5.41, 5.74) is 2.87. The molecule has 27 heavy (non-hydrogen) atoms. The Morgan fingerprint density at radius 3 is 2.48 bits per heavy atom. The van der Waals surface area contributed by atoms with Crippen LogP contribution in [0.4, 0.5) is 11.4 Å². The maximum absolute atomic E-state index is 12.2. The molecule has 2 aromatic carbocycles. The van der Waals surface area contributed by atoms with Crippen LogP contribution in [0.2, 0.25) is 10.0 Å². The number of halogens is 2. The van der Waals surface area contributed by atoms with Crippen molar-refractivity contribution in [2.45, 2.75) is 12.8 Å². The number of anilines is 1. The number of amidine groups is 1. The molecule has 0 radical (unpaired) electrons. The van der Waals surface area contributed by atoms with Crippen LogP contribution in [0.15, 0.2) is 52.4 Å². The fourth-order valence-electron chi connectivity index (χ4n) is 3.06. The smallest absolute Gasteiger partial charge is 0.264 e. The molecule has 0 saturated carbocycles. The fraction of sp³-hybridized carbons (Fsp3) is 0.200. The highest BCUT2D eigenvalue weighted by atomic mass is 35.5. The van der Waals surface area contributed by atoms with E-state index in [4.69, 9.17) is 23.2 Å². The van der Waals surface area contributed by atoms with Crippen molar-refractivity contribution in [2.75, 3.05) is 18.0 Å². The van der Waals surface area contributed by atoms with Gasteiger partial charge >= 0.3 is 0 Å². The summed E-state index contributed by atoms with van der Waals surface area (Å²) in [6, 6.07) is 13.4. The molecule has 0 unspecified atom stereocenters. The summed E-state index contributed by atoms with van der Waals surface area (Å²) in [4.78, 5) is 19.7. The second-order valence-corrected chi connectivity index (χ2v) is 8.21. The van der Waals surface area contributed by atoms with Gasteiger partial charge in [0.15, 0.2) is 5.17 Å². The van der Waals surface area contributed by atoms with E-state index in [-0.39, 0.29) is 5.91 Å². The largest absolute Gasteiger partial charge is 0.372 e. The van der Waals surface area contributed by atoms with Crippen molar-refractivity contribution in [3.8, 4) is 0 Å². The summed E-state index contributed by atoms with van der Waals surface area (Å²) >= 11 is 13.2. The summed E-state index contributed by atoms with van der Waals surface area (Å²) in [6.07, 6.45) is 4.39. The first kappa shape index (κ1) is 18.4. The molecule has 0 atom stereocenters. The molecule has 2 heterocycles. The summed E-state index contributed by atoms with van der Waals surface area (Å²) in [6.45, 7) is 2.24. The van der Waals surface area contributed by atoms with E-state index in [0.717, 1.165) is 18.7 Å². The number of hydrogen-bond donors (Lipinski definition) is 1. The Balaban J connectivity index is 1.49. The number of carbonyl (C=O) groups is 1. The van der Waals surface area contributed by atoms with Gasteiger partial charge in [0.1, 0.15) is 0 Å². The fourth-order valence-corrected chi connectivity index (χ4v) is 4.19. The predicted octanol–water partition coefficient (Wildman–Crippen LogP) is 5.49. The molecular formula is C20H17Cl2N3OS. The van der Waals surface area contributed by atoms with Crippen molar-refractivity contribution in [1.29, 1.82) is 0 Å². The second kappa shape index (κ2) is 7.97. The molecule has 2 aliphatic rings. The summed E-state index contributed by atoms with van der Waals surface area (Å²) < 4.78 is 0. The van der Waals surface area contributed by atoms with Gasteiger partial charge in [0.25, 0.3) is 5.91 Å². The molecule has 1 amide bonds. The molecule has 4 nitrogen and oxygen atoms in total. The van der Waals surface area contributed by atoms with Gasteiger partial charge in [-0.05, 0) is 66.6 Å². The molecule has 2 fully saturated rings. The first-order chi connectivity index (χ1) is 13.1. The molecule has 7 heteroatoms. The number of carbonyl (C=O) groups excluding carboxylic acids is 1. The summed E-state index contributed by atoms with van der Waals surface area (Å²) in [7, 11) is 0. The SMILES string of the molecule is O=C1NC(=Nc2ccc(Cl)c(Cl)c2)S/C1=C\c1ccc(N2CCCC2)cc1. The molecule has 2 aromatic rings. The average Bonchev–Trinajstić information content (AvgIpc) is 3.30. The van der Waals surface area contributed by atoms with E-state index >= 15 is 0 Å². The number of thioether (sulfide) groups is 1. The molecule has 4 rings (SSSR count). The van der Waals surface area contributed by atoms with Crippen molar-refractivity contribution in [2.24, 2.45) is 4.99 Å². The topological polar surface area (TPSA) is 44.7 Å². The van der Waals surface area contributed by atoms with Gasteiger partial charge in [0.2, 0.25) is 0 Å². The zero-order valence-corrected chi connectivity index (χ0v) is 16.7. The Bertz CT molecular complexity index is 935. The molecule has 0 bridgehead atoms. The molecule has 1 N–H and O–H groups in total. The van der Waals surface area contributed by atoms with E-state index in [1.54, 1.807) is 18.2 Å². The first-order valence-electron chi connectivity index (χ1n) is 8.68. The van der Waals surface area contributed by atoms with Crippen LogP contribution in [-0.2, 0) is 4.79 Å². The third kappa shape index (κ3) is 4.32. The summed E-state index contributed by atoms with van der Waals surface area (Å²) in [5.74, 6) is -0.151. The molecular weight excluding hydrogens is 401 g/mol. The third-order valence-corrected chi connectivity index (χ3v) is 6.10. The highest BCUT2D eigenvalue weighted by Gasteiger charge is 2.24. The van der Waals surface area contributed by atoms with Gasteiger partial charge in [-0.2, -0.15) is 0 Å².